The van der Waals surface area contributed by atoms with E-state index in [1.807, 2.05) is 6.08 Å². The normalized spacial score (nSPS) is 21.0. The van der Waals surface area contributed by atoms with Crippen molar-refractivity contribution in [3.05, 3.63) is 72.3 Å². The van der Waals surface area contributed by atoms with Gasteiger partial charge in [-0.15, -0.1) is 6.58 Å². The zero-order chi connectivity index (χ0) is 19.1. The molecule has 0 amide bonds. The maximum Gasteiger partial charge on any atom is -0.0162 e. The van der Waals surface area contributed by atoms with Crippen LogP contribution in [0.25, 0.3) is 11.1 Å². The molecule has 144 valence electrons. The van der Waals surface area contributed by atoms with Gasteiger partial charge in [-0.25, -0.2) is 0 Å². The number of allylic oxidation sites excluding steroid dienone is 1. The standard InChI is InChI=1S/C27H36/c1-4-6-7-8-22(5-2)23-13-15-26(16-14-23)27-19-17-25(18-20-27)24-11-9-21(3)10-12-24/h4,13-22,24H,1,5-12H2,2-3H3. The third kappa shape index (κ3) is 5.34. The molecule has 1 fully saturated rings. The van der Waals surface area contributed by atoms with E-state index in [4.69, 9.17) is 0 Å². The van der Waals surface area contributed by atoms with Gasteiger partial charge >= 0.3 is 0 Å². The van der Waals surface area contributed by atoms with Crippen molar-refractivity contribution < 1.29 is 0 Å². The Balaban J connectivity index is 1.65. The molecule has 0 nitrogen and oxygen atoms in total. The van der Waals surface area contributed by atoms with Crippen LogP contribution in [0.4, 0.5) is 0 Å². The summed E-state index contributed by atoms with van der Waals surface area (Å²) in [5.74, 6) is 2.37. The Morgan fingerprint density at radius 1 is 0.926 bits per heavy atom. The lowest BCUT2D eigenvalue weighted by Gasteiger charge is -2.26. The van der Waals surface area contributed by atoms with E-state index >= 15 is 0 Å². The highest BCUT2D eigenvalue weighted by molar-refractivity contribution is 5.64. The average molecular weight is 361 g/mol. The Hall–Kier alpha value is -1.82. The minimum absolute atomic E-state index is 0.676. The van der Waals surface area contributed by atoms with Gasteiger partial charge in [0, 0.05) is 0 Å². The molecule has 2 aromatic carbocycles. The predicted molar refractivity (Wildman–Crippen MR) is 119 cm³/mol. The molecule has 1 saturated carbocycles. The first-order valence-electron chi connectivity index (χ1n) is 11.0. The van der Waals surface area contributed by atoms with Gasteiger partial charge in [-0.3, -0.25) is 0 Å². The summed E-state index contributed by atoms with van der Waals surface area (Å²) >= 11 is 0. The van der Waals surface area contributed by atoms with Gasteiger partial charge in [0.15, 0.2) is 0 Å². The minimum atomic E-state index is 0.676. The van der Waals surface area contributed by atoms with E-state index in [0.717, 1.165) is 18.3 Å². The molecule has 0 radical (unpaired) electrons. The second-order valence-corrected chi connectivity index (χ2v) is 8.53. The topological polar surface area (TPSA) is 0 Å². The van der Waals surface area contributed by atoms with Crippen molar-refractivity contribution in [1.29, 1.82) is 0 Å². The molecule has 27 heavy (non-hydrogen) atoms. The van der Waals surface area contributed by atoms with Gasteiger partial charge in [-0.05, 0) is 78.5 Å². The van der Waals surface area contributed by atoms with Crippen LogP contribution >= 0.6 is 0 Å². The van der Waals surface area contributed by atoms with Crippen LogP contribution in [0.3, 0.4) is 0 Å². The minimum Gasteiger partial charge on any atom is -0.103 e. The van der Waals surface area contributed by atoms with Crippen LogP contribution in [0.5, 0.6) is 0 Å². The average Bonchev–Trinajstić information content (AvgIpc) is 2.72. The Bertz CT molecular complexity index is 684. The monoisotopic (exact) mass is 360 g/mol. The summed E-state index contributed by atoms with van der Waals surface area (Å²) in [7, 11) is 0. The molecular weight excluding hydrogens is 324 g/mol. The van der Waals surface area contributed by atoms with Crippen molar-refractivity contribution in [1.82, 2.24) is 0 Å². The molecule has 1 unspecified atom stereocenters. The molecule has 1 atom stereocenters. The predicted octanol–water partition coefficient (Wildman–Crippen LogP) is 8.50. The zero-order valence-electron chi connectivity index (χ0n) is 17.3. The Morgan fingerprint density at radius 3 is 2.07 bits per heavy atom. The highest BCUT2D eigenvalue weighted by Gasteiger charge is 2.19. The fourth-order valence-electron chi connectivity index (χ4n) is 4.60. The van der Waals surface area contributed by atoms with E-state index in [1.165, 1.54) is 67.2 Å². The summed E-state index contributed by atoms with van der Waals surface area (Å²) < 4.78 is 0. The molecule has 2 aromatic rings. The molecule has 0 heterocycles. The molecule has 0 aromatic heterocycles. The quantitative estimate of drug-likeness (QED) is 0.327. The molecule has 0 bridgehead atoms. The lowest BCUT2D eigenvalue weighted by atomic mass is 9.79. The molecule has 0 N–H and O–H groups in total. The van der Waals surface area contributed by atoms with Crippen molar-refractivity contribution in [2.24, 2.45) is 5.92 Å². The van der Waals surface area contributed by atoms with Gasteiger partial charge in [-0.2, -0.15) is 0 Å². The van der Waals surface area contributed by atoms with E-state index < -0.39 is 0 Å². The van der Waals surface area contributed by atoms with Gasteiger partial charge in [0.1, 0.15) is 0 Å². The fourth-order valence-corrected chi connectivity index (χ4v) is 4.60. The van der Waals surface area contributed by atoms with E-state index in [0.29, 0.717) is 5.92 Å². The largest absolute Gasteiger partial charge is 0.103 e. The van der Waals surface area contributed by atoms with Crippen molar-refractivity contribution >= 4 is 0 Å². The van der Waals surface area contributed by atoms with Gasteiger partial charge in [0.05, 0.1) is 0 Å². The van der Waals surface area contributed by atoms with Crippen LogP contribution < -0.4 is 0 Å². The maximum atomic E-state index is 3.84. The fraction of sp³-hybridized carbons (Fsp3) is 0.481. The van der Waals surface area contributed by atoms with Crippen LogP contribution in [0, 0.1) is 5.92 Å². The van der Waals surface area contributed by atoms with Gasteiger partial charge < -0.3 is 0 Å². The number of benzene rings is 2. The second kappa shape index (κ2) is 9.93. The first-order valence-corrected chi connectivity index (χ1v) is 11.0. The van der Waals surface area contributed by atoms with E-state index in [9.17, 15) is 0 Å². The number of rotatable bonds is 8. The zero-order valence-corrected chi connectivity index (χ0v) is 17.3. The Morgan fingerprint density at radius 2 is 1.52 bits per heavy atom. The maximum absolute atomic E-state index is 3.84. The van der Waals surface area contributed by atoms with Gasteiger partial charge in [0.2, 0.25) is 0 Å². The van der Waals surface area contributed by atoms with Crippen LogP contribution in [-0.2, 0) is 0 Å². The lowest BCUT2D eigenvalue weighted by Crippen LogP contribution is -2.10. The Kier molecular flexibility index (Phi) is 7.33. The molecule has 0 saturated heterocycles. The summed E-state index contributed by atoms with van der Waals surface area (Å²) in [5, 5.41) is 0. The molecule has 0 spiro atoms. The van der Waals surface area contributed by atoms with Crippen LogP contribution in [0.15, 0.2) is 61.2 Å². The highest BCUT2D eigenvalue weighted by Crippen LogP contribution is 2.36. The van der Waals surface area contributed by atoms with E-state index in [1.54, 1.807) is 0 Å². The summed E-state index contributed by atoms with van der Waals surface area (Å²) in [5.41, 5.74) is 5.70. The molecule has 3 rings (SSSR count). The molecular formula is C27H36. The SMILES string of the molecule is C=CCCCC(CC)c1ccc(-c2ccc(C3CCC(C)CC3)cc2)cc1. The van der Waals surface area contributed by atoms with Crippen LogP contribution in [0.2, 0.25) is 0 Å². The molecule has 1 aliphatic carbocycles. The van der Waals surface area contributed by atoms with Crippen molar-refractivity contribution in [2.75, 3.05) is 0 Å². The third-order valence-corrected chi connectivity index (χ3v) is 6.57. The number of hydrogen-bond acceptors (Lipinski definition) is 0. The first-order chi connectivity index (χ1) is 13.2. The molecule has 0 heteroatoms. The van der Waals surface area contributed by atoms with Crippen LogP contribution in [0.1, 0.15) is 88.2 Å². The second-order valence-electron chi connectivity index (χ2n) is 8.53. The Labute approximate surface area is 166 Å². The number of unbranched alkanes of at least 4 members (excludes halogenated alkanes) is 1. The van der Waals surface area contributed by atoms with Crippen LogP contribution in [-0.4, -0.2) is 0 Å². The molecule has 1 aliphatic rings. The number of hydrogen-bond donors (Lipinski definition) is 0. The smallest absolute Gasteiger partial charge is 0.0162 e. The summed E-state index contributed by atoms with van der Waals surface area (Å²) in [4.78, 5) is 0. The summed E-state index contributed by atoms with van der Waals surface area (Å²) in [6.45, 7) is 8.54. The third-order valence-electron chi connectivity index (χ3n) is 6.57. The lowest BCUT2D eigenvalue weighted by molar-refractivity contribution is 0.348. The van der Waals surface area contributed by atoms with Crippen molar-refractivity contribution in [3.8, 4) is 11.1 Å². The summed E-state index contributed by atoms with van der Waals surface area (Å²) in [6, 6.07) is 18.7. The van der Waals surface area contributed by atoms with Crippen molar-refractivity contribution in [2.45, 2.75) is 77.0 Å². The molecule has 0 aliphatic heterocycles. The van der Waals surface area contributed by atoms with E-state index in [2.05, 4.69) is 69.0 Å². The van der Waals surface area contributed by atoms with Gasteiger partial charge in [-0.1, -0.05) is 81.3 Å². The highest BCUT2D eigenvalue weighted by atomic mass is 14.2. The first kappa shape index (κ1) is 19.9. The summed E-state index contributed by atoms with van der Waals surface area (Å²) in [6.07, 6.45) is 12.4. The van der Waals surface area contributed by atoms with E-state index in [-0.39, 0.29) is 0 Å². The van der Waals surface area contributed by atoms with Gasteiger partial charge in [0.25, 0.3) is 0 Å². The van der Waals surface area contributed by atoms with Crippen molar-refractivity contribution in [3.63, 3.8) is 0 Å².